The van der Waals surface area contributed by atoms with Crippen molar-refractivity contribution in [1.82, 2.24) is 5.32 Å². The van der Waals surface area contributed by atoms with E-state index in [2.05, 4.69) is 17.6 Å². The molecule has 0 saturated heterocycles. The Bertz CT molecular complexity index is 493. The second-order valence-corrected chi connectivity index (χ2v) is 5.63. The molecule has 4 nitrogen and oxygen atoms in total. The van der Waals surface area contributed by atoms with E-state index >= 15 is 0 Å². The number of hydrogen-bond donors (Lipinski definition) is 2. The van der Waals surface area contributed by atoms with Crippen LogP contribution in [0.25, 0.3) is 0 Å². The highest BCUT2D eigenvalue weighted by molar-refractivity contribution is 6.04. The third-order valence-electron chi connectivity index (χ3n) is 3.97. The van der Waals surface area contributed by atoms with Crippen LogP contribution in [0.4, 0.5) is 5.69 Å². The fourth-order valence-corrected chi connectivity index (χ4v) is 2.69. The van der Waals surface area contributed by atoms with Crippen molar-refractivity contribution >= 4 is 17.5 Å². The largest absolute Gasteiger partial charge is 0.352 e. The lowest BCUT2D eigenvalue weighted by molar-refractivity contribution is -0.119. The van der Waals surface area contributed by atoms with Crippen LogP contribution >= 0.6 is 0 Å². The average Bonchev–Trinajstić information content (AvgIpc) is 3.02. The molecule has 2 amide bonds. The first kappa shape index (κ1) is 15.5. The summed E-state index contributed by atoms with van der Waals surface area (Å²) in [6.45, 7) is 2.75. The quantitative estimate of drug-likeness (QED) is 0.789. The highest BCUT2D eigenvalue weighted by atomic mass is 16.2. The fraction of sp³-hybridized carbons (Fsp3) is 0.529. The van der Waals surface area contributed by atoms with Crippen molar-refractivity contribution in [3.63, 3.8) is 0 Å². The van der Waals surface area contributed by atoms with Crippen molar-refractivity contribution < 1.29 is 9.59 Å². The minimum absolute atomic E-state index is 0.0429. The van der Waals surface area contributed by atoms with Gasteiger partial charge in [0, 0.05) is 12.5 Å². The summed E-state index contributed by atoms with van der Waals surface area (Å²) in [4.78, 5) is 24.4. The first-order chi connectivity index (χ1) is 10.2. The molecule has 0 atom stereocenters. The number of anilines is 1. The molecule has 0 radical (unpaired) electrons. The van der Waals surface area contributed by atoms with E-state index in [0.29, 0.717) is 17.8 Å². The molecule has 0 bridgehead atoms. The third-order valence-corrected chi connectivity index (χ3v) is 3.97. The standard InChI is InChI=1S/C17H24N2O2/c1-2-3-12-18-17(21)14-10-6-7-11-15(14)19-16(20)13-8-4-5-9-13/h6-7,10-11,13H,2-5,8-9,12H2,1H3,(H,18,21)(H,19,20). The fourth-order valence-electron chi connectivity index (χ4n) is 2.69. The van der Waals surface area contributed by atoms with Gasteiger partial charge in [-0.1, -0.05) is 38.3 Å². The van der Waals surface area contributed by atoms with Gasteiger partial charge in [-0.3, -0.25) is 9.59 Å². The van der Waals surface area contributed by atoms with Crippen molar-refractivity contribution in [2.45, 2.75) is 45.4 Å². The number of unbranched alkanes of at least 4 members (excludes halogenated alkanes) is 1. The molecule has 1 aliphatic carbocycles. The zero-order valence-electron chi connectivity index (χ0n) is 12.7. The number of para-hydroxylation sites is 1. The number of carbonyl (C=O) groups is 2. The molecule has 21 heavy (non-hydrogen) atoms. The van der Waals surface area contributed by atoms with Gasteiger partial charge in [-0.05, 0) is 31.4 Å². The predicted molar refractivity (Wildman–Crippen MR) is 84.3 cm³/mol. The van der Waals surface area contributed by atoms with Gasteiger partial charge in [0.1, 0.15) is 0 Å². The highest BCUT2D eigenvalue weighted by Crippen LogP contribution is 2.26. The summed E-state index contributed by atoms with van der Waals surface area (Å²) in [6.07, 6.45) is 6.16. The van der Waals surface area contributed by atoms with Crippen LogP contribution in [-0.2, 0) is 4.79 Å². The van der Waals surface area contributed by atoms with Crippen molar-refractivity contribution in [2.24, 2.45) is 5.92 Å². The molecule has 1 aromatic carbocycles. The van der Waals surface area contributed by atoms with Gasteiger partial charge in [0.05, 0.1) is 11.3 Å². The zero-order chi connectivity index (χ0) is 15.1. The molecule has 0 spiro atoms. The number of amides is 2. The Morgan fingerprint density at radius 2 is 1.90 bits per heavy atom. The Kier molecular flexibility index (Phi) is 5.78. The van der Waals surface area contributed by atoms with E-state index in [-0.39, 0.29) is 17.7 Å². The Hall–Kier alpha value is -1.84. The van der Waals surface area contributed by atoms with Crippen LogP contribution < -0.4 is 10.6 Å². The van der Waals surface area contributed by atoms with E-state index in [0.717, 1.165) is 38.5 Å². The number of carbonyl (C=O) groups excluding carboxylic acids is 2. The van der Waals surface area contributed by atoms with E-state index in [1.54, 1.807) is 12.1 Å². The topological polar surface area (TPSA) is 58.2 Å². The van der Waals surface area contributed by atoms with Gasteiger partial charge in [-0.2, -0.15) is 0 Å². The van der Waals surface area contributed by atoms with Crippen LogP contribution in [0.3, 0.4) is 0 Å². The molecular formula is C17H24N2O2. The molecule has 0 unspecified atom stereocenters. The first-order valence-corrected chi connectivity index (χ1v) is 7.90. The normalized spacial score (nSPS) is 14.9. The second-order valence-electron chi connectivity index (χ2n) is 5.63. The summed E-state index contributed by atoms with van der Waals surface area (Å²) in [5.41, 5.74) is 1.16. The van der Waals surface area contributed by atoms with Crippen molar-refractivity contribution in [3.05, 3.63) is 29.8 Å². The lowest BCUT2D eigenvalue weighted by Gasteiger charge is -2.14. The maximum atomic E-state index is 12.2. The molecule has 1 saturated carbocycles. The highest BCUT2D eigenvalue weighted by Gasteiger charge is 2.23. The van der Waals surface area contributed by atoms with Gasteiger partial charge in [0.15, 0.2) is 0 Å². The Morgan fingerprint density at radius 3 is 2.62 bits per heavy atom. The molecule has 114 valence electrons. The number of hydrogen-bond acceptors (Lipinski definition) is 2. The summed E-state index contributed by atoms with van der Waals surface area (Å²) in [5.74, 6) is 0.0216. The first-order valence-electron chi connectivity index (χ1n) is 7.90. The van der Waals surface area contributed by atoms with E-state index in [1.165, 1.54) is 0 Å². The van der Waals surface area contributed by atoms with E-state index in [9.17, 15) is 9.59 Å². The van der Waals surface area contributed by atoms with Crippen LogP contribution in [0.2, 0.25) is 0 Å². The number of nitrogens with one attached hydrogen (secondary N) is 2. The molecule has 0 aliphatic heterocycles. The van der Waals surface area contributed by atoms with Crippen LogP contribution in [0.5, 0.6) is 0 Å². The molecule has 2 rings (SSSR count). The molecular weight excluding hydrogens is 264 g/mol. The Labute approximate surface area is 126 Å². The Morgan fingerprint density at radius 1 is 1.19 bits per heavy atom. The van der Waals surface area contributed by atoms with Gasteiger partial charge in [0.25, 0.3) is 5.91 Å². The molecule has 1 fully saturated rings. The van der Waals surface area contributed by atoms with E-state index in [1.807, 2.05) is 12.1 Å². The van der Waals surface area contributed by atoms with Gasteiger partial charge >= 0.3 is 0 Å². The second kappa shape index (κ2) is 7.81. The molecule has 1 aromatic rings. The van der Waals surface area contributed by atoms with Crippen molar-refractivity contribution in [2.75, 3.05) is 11.9 Å². The summed E-state index contributed by atoms with van der Waals surface area (Å²) >= 11 is 0. The summed E-state index contributed by atoms with van der Waals surface area (Å²) in [5, 5.41) is 5.82. The minimum Gasteiger partial charge on any atom is -0.352 e. The van der Waals surface area contributed by atoms with Crippen LogP contribution in [0.1, 0.15) is 55.8 Å². The van der Waals surface area contributed by atoms with Gasteiger partial charge in [0.2, 0.25) is 5.91 Å². The summed E-state index contributed by atoms with van der Waals surface area (Å²) < 4.78 is 0. The van der Waals surface area contributed by atoms with Crippen molar-refractivity contribution in [3.8, 4) is 0 Å². The number of benzene rings is 1. The maximum Gasteiger partial charge on any atom is 0.253 e. The molecule has 1 aliphatic rings. The monoisotopic (exact) mass is 288 g/mol. The van der Waals surface area contributed by atoms with Crippen LogP contribution in [-0.4, -0.2) is 18.4 Å². The average molecular weight is 288 g/mol. The minimum atomic E-state index is -0.120. The lowest BCUT2D eigenvalue weighted by Crippen LogP contribution is -2.27. The molecule has 0 heterocycles. The molecule has 0 aromatic heterocycles. The Balaban J connectivity index is 2.02. The zero-order valence-corrected chi connectivity index (χ0v) is 12.7. The molecule has 4 heteroatoms. The predicted octanol–water partition coefficient (Wildman–Crippen LogP) is 3.35. The summed E-state index contributed by atoms with van der Waals surface area (Å²) in [7, 11) is 0. The van der Waals surface area contributed by atoms with Gasteiger partial charge in [-0.25, -0.2) is 0 Å². The SMILES string of the molecule is CCCCNC(=O)c1ccccc1NC(=O)C1CCCC1. The maximum absolute atomic E-state index is 12.2. The van der Waals surface area contributed by atoms with Crippen LogP contribution in [0, 0.1) is 5.92 Å². The smallest absolute Gasteiger partial charge is 0.253 e. The van der Waals surface area contributed by atoms with E-state index < -0.39 is 0 Å². The number of rotatable bonds is 6. The van der Waals surface area contributed by atoms with Crippen LogP contribution in [0.15, 0.2) is 24.3 Å². The summed E-state index contributed by atoms with van der Waals surface area (Å²) in [6, 6.07) is 7.21. The molecule has 2 N–H and O–H groups in total. The van der Waals surface area contributed by atoms with Crippen molar-refractivity contribution in [1.29, 1.82) is 0 Å². The van der Waals surface area contributed by atoms with Gasteiger partial charge < -0.3 is 10.6 Å². The van der Waals surface area contributed by atoms with Gasteiger partial charge in [-0.15, -0.1) is 0 Å². The van der Waals surface area contributed by atoms with E-state index in [4.69, 9.17) is 0 Å². The third kappa shape index (κ3) is 4.31. The lowest BCUT2D eigenvalue weighted by atomic mass is 10.1.